The van der Waals surface area contributed by atoms with E-state index in [-0.39, 0.29) is 0 Å². The maximum atomic E-state index is 10.2. The Hall–Kier alpha value is -1.22. The van der Waals surface area contributed by atoms with E-state index in [0.29, 0.717) is 59.5 Å². The van der Waals surface area contributed by atoms with E-state index >= 15 is 0 Å². The fourth-order valence-corrected chi connectivity index (χ4v) is 2.56. The second kappa shape index (κ2) is 14.0. The molecule has 0 saturated carbocycles. The topological polar surface area (TPSA) is 75.6 Å². The van der Waals surface area contributed by atoms with E-state index in [1.165, 1.54) is 0 Å². The van der Waals surface area contributed by atoms with Gasteiger partial charge in [0.2, 0.25) is 0 Å². The second-order valence-electron chi connectivity index (χ2n) is 8.98. The van der Waals surface area contributed by atoms with Crippen molar-refractivity contribution in [3.8, 4) is 5.75 Å². The summed E-state index contributed by atoms with van der Waals surface area (Å²) in [7, 11) is 0. The molecule has 0 radical (unpaired) electrons. The third-order valence-electron chi connectivity index (χ3n) is 4.81. The third-order valence-corrected chi connectivity index (χ3v) is 4.81. The van der Waals surface area contributed by atoms with Crippen LogP contribution in [-0.4, -0.2) is 81.4 Å². The Morgan fingerprint density at radius 2 is 1.10 bits per heavy atom. The molecule has 180 valence electrons. The van der Waals surface area contributed by atoms with Crippen LogP contribution in [0.4, 0.5) is 0 Å². The molecule has 1 aromatic carbocycles. The minimum Gasteiger partial charge on any atom is -0.491 e. The van der Waals surface area contributed by atoms with Crippen LogP contribution in [0.3, 0.4) is 0 Å². The van der Waals surface area contributed by atoms with Crippen molar-refractivity contribution in [2.75, 3.05) is 59.5 Å². The predicted molar refractivity (Wildman–Crippen MR) is 121 cm³/mol. The van der Waals surface area contributed by atoms with Crippen molar-refractivity contribution in [3.05, 3.63) is 30.3 Å². The van der Waals surface area contributed by atoms with Crippen LogP contribution in [0.1, 0.15) is 41.5 Å². The van der Waals surface area contributed by atoms with Gasteiger partial charge in [-0.2, -0.15) is 0 Å². The first-order chi connectivity index (χ1) is 14.5. The van der Waals surface area contributed by atoms with Crippen LogP contribution in [0.15, 0.2) is 30.3 Å². The fraction of sp³-hybridized carbons (Fsp3) is 0.750. The molecule has 1 aromatic rings. The number of hydrogen-bond acceptors (Lipinski definition) is 7. The fourth-order valence-electron chi connectivity index (χ4n) is 2.56. The highest BCUT2D eigenvalue weighted by molar-refractivity contribution is 5.20. The highest BCUT2D eigenvalue weighted by atomic mass is 16.6. The number of aliphatic hydroxyl groups is 1. The minimum atomic E-state index is -0.950. The van der Waals surface area contributed by atoms with Gasteiger partial charge in [-0.15, -0.1) is 0 Å². The molecule has 7 nitrogen and oxygen atoms in total. The molecular formula is C24H42O7. The van der Waals surface area contributed by atoms with Gasteiger partial charge in [-0.25, -0.2) is 0 Å². The summed E-state index contributed by atoms with van der Waals surface area (Å²) in [6.07, 6.45) is 0. The summed E-state index contributed by atoms with van der Waals surface area (Å²) in [5, 5.41) is 10.2. The summed E-state index contributed by atoms with van der Waals surface area (Å²) in [5.74, 6) is 0.845. The monoisotopic (exact) mass is 442 g/mol. The average Bonchev–Trinajstić information content (AvgIpc) is 2.67. The van der Waals surface area contributed by atoms with Gasteiger partial charge >= 0.3 is 0 Å². The quantitative estimate of drug-likeness (QED) is 0.349. The van der Waals surface area contributed by atoms with Gasteiger partial charge < -0.3 is 33.5 Å². The van der Waals surface area contributed by atoms with E-state index in [2.05, 4.69) is 0 Å². The number of hydrogen-bond donors (Lipinski definition) is 1. The third kappa shape index (κ3) is 13.0. The predicted octanol–water partition coefficient (Wildman–Crippen LogP) is 3.48. The zero-order valence-electron chi connectivity index (χ0n) is 20.1. The lowest BCUT2D eigenvalue weighted by Gasteiger charge is -2.43. The van der Waals surface area contributed by atoms with Crippen LogP contribution >= 0.6 is 0 Å². The van der Waals surface area contributed by atoms with Crippen molar-refractivity contribution in [1.82, 2.24) is 0 Å². The molecule has 1 N–H and O–H groups in total. The molecule has 0 fully saturated rings. The van der Waals surface area contributed by atoms with Crippen molar-refractivity contribution in [3.63, 3.8) is 0 Å². The Bertz CT molecular complexity index is 567. The van der Waals surface area contributed by atoms with Crippen molar-refractivity contribution >= 4 is 0 Å². The molecular weight excluding hydrogens is 400 g/mol. The van der Waals surface area contributed by atoms with Crippen molar-refractivity contribution < 1.29 is 33.5 Å². The zero-order valence-corrected chi connectivity index (χ0v) is 20.1. The van der Waals surface area contributed by atoms with Crippen LogP contribution in [0.25, 0.3) is 0 Å². The van der Waals surface area contributed by atoms with E-state index in [0.717, 1.165) is 5.75 Å². The highest BCUT2D eigenvalue weighted by Gasteiger charge is 2.40. The normalized spacial score (nSPS) is 12.9. The van der Waals surface area contributed by atoms with Crippen molar-refractivity contribution in [2.24, 2.45) is 0 Å². The molecule has 0 heterocycles. The zero-order chi connectivity index (χ0) is 23.2. The van der Waals surface area contributed by atoms with Gasteiger partial charge in [0.1, 0.15) is 12.4 Å². The standard InChI is InChI=1S/C24H42O7/c1-22(2,31-24(5,6)23(3,4)25)20-29-17-16-27-13-12-26-14-15-28-18-19-30-21-10-8-7-9-11-21/h7-11,25H,12-20H2,1-6H3. The molecule has 0 aliphatic heterocycles. The molecule has 1 rings (SSSR count). The Labute approximate surface area is 187 Å². The van der Waals surface area contributed by atoms with E-state index in [1.807, 2.05) is 58.0 Å². The minimum absolute atomic E-state index is 0.414. The number of ether oxygens (including phenoxy) is 6. The highest BCUT2D eigenvalue weighted by Crippen LogP contribution is 2.30. The molecule has 0 aliphatic rings. The second-order valence-corrected chi connectivity index (χ2v) is 8.98. The van der Waals surface area contributed by atoms with Gasteiger partial charge in [0.25, 0.3) is 0 Å². The van der Waals surface area contributed by atoms with Gasteiger partial charge in [0, 0.05) is 0 Å². The molecule has 0 saturated heterocycles. The molecule has 0 aromatic heterocycles. The van der Waals surface area contributed by atoms with Gasteiger partial charge in [0.05, 0.1) is 69.7 Å². The van der Waals surface area contributed by atoms with Gasteiger partial charge in [-0.3, -0.25) is 0 Å². The Morgan fingerprint density at radius 1 is 0.645 bits per heavy atom. The van der Waals surface area contributed by atoms with E-state index in [9.17, 15) is 5.11 Å². The molecule has 0 spiro atoms. The SMILES string of the molecule is CC(C)(COCCOCCOCCOCCOc1ccccc1)OC(C)(C)C(C)(C)O. The maximum Gasteiger partial charge on any atom is 0.119 e. The molecule has 7 heteroatoms. The number of para-hydroxylation sites is 1. The van der Waals surface area contributed by atoms with Crippen LogP contribution in [0.5, 0.6) is 5.75 Å². The molecule has 0 unspecified atom stereocenters. The largest absolute Gasteiger partial charge is 0.491 e. The molecule has 0 aliphatic carbocycles. The number of rotatable bonds is 18. The average molecular weight is 443 g/mol. The molecule has 31 heavy (non-hydrogen) atoms. The van der Waals surface area contributed by atoms with E-state index < -0.39 is 16.8 Å². The number of benzene rings is 1. The summed E-state index contributed by atoms with van der Waals surface area (Å²) in [5.41, 5.74) is -2.15. The summed E-state index contributed by atoms with van der Waals surface area (Å²) in [6, 6.07) is 9.67. The first kappa shape index (κ1) is 27.8. The van der Waals surface area contributed by atoms with Crippen LogP contribution < -0.4 is 4.74 Å². The summed E-state index contributed by atoms with van der Waals surface area (Å²) < 4.78 is 33.7. The van der Waals surface area contributed by atoms with Crippen LogP contribution in [0, 0.1) is 0 Å². The van der Waals surface area contributed by atoms with Crippen LogP contribution in [0.2, 0.25) is 0 Å². The smallest absolute Gasteiger partial charge is 0.119 e. The first-order valence-corrected chi connectivity index (χ1v) is 10.9. The van der Waals surface area contributed by atoms with E-state index in [4.69, 9.17) is 28.4 Å². The van der Waals surface area contributed by atoms with Crippen molar-refractivity contribution in [1.29, 1.82) is 0 Å². The summed E-state index contributed by atoms with van der Waals surface area (Å²) in [6.45, 7) is 15.6. The molecule has 0 bridgehead atoms. The summed E-state index contributed by atoms with van der Waals surface area (Å²) in [4.78, 5) is 0. The molecule has 0 atom stereocenters. The van der Waals surface area contributed by atoms with Gasteiger partial charge in [-0.05, 0) is 53.7 Å². The van der Waals surface area contributed by atoms with Gasteiger partial charge in [-0.1, -0.05) is 18.2 Å². The van der Waals surface area contributed by atoms with Crippen molar-refractivity contribution in [2.45, 2.75) is 58.3 Å². The lowest BCUT2D eigenvalue weighted by Crippen LogP contribution is -2.52. The van der Waals surface area contributed by atoms with Crippen LogP contribution in [-0.2, 0) is 23.7 Å². The Morgan fingerprint density at radius 3 is 1.58 bits per heavy atom. The maximum absolute atomic E-state index is 10.2. The Balaban J connectivity index is 1.91. The first-order valence-electron chi connectivity index (χ1n) is 10.9. The lowest BCUT2D eigenvalue weighted by molar-refractivity contribution is -0.217. The summed E-state index contributed by atoms with van der Waals surface area (Å²) >= 11 is 0. The van der Waals surface area contributed by atoms with E-state index in [1.54, 1.807) is 13.8 Å². The lowest BCUT2D eigenvalue weighted by atomic mass is 9.88. The van der Waals surface area contributed by atoms with Gasteiger partial charge in [0.15, 0.2) is 0 Å². The Kier molecular flexibility index (Phi) is 12.6. The molecule has 0 amide bonds.